The van der Waals surface area contributed by atoms with Gasteiger partial charge in [0.1, 0.15) is 17.2 Å². The average molecular weight is 547 g/mol. The summed E-state index contributed by atoms with van der Waals surface area (Å²) in [5.74, 6) is 2.36. The summed E-state index contributed by atoms with van der Waals surface area (Å²) in [5, 5.41) is 1.15. The van der Waals surface area contributed by atoms with Crippen LogP contribution in [-0.4, -0.2) is 48.8 Å². The zero-order valence-corrected chi connectivity index (χ0v) is 23.2. The number of morpholine rings is 1. The molecule has 0 saturated carbocycles. The molecule has 0 aliphatic carbocycles. The first-order valence-electron chi connectivity index (χ1n) is 14.1. The third-order valence-corrected chi connectivity index (χ3v) is 7.69. The van der Waals surface area contributed by atoms with E-state index < -0.39 is 0 Å². The Labute approximate surface area is 240 Å². The zero-order valence-electron chi connectivity index (χ0n) is 23.2. The molecule has 2 heterocycles. The molecule has 6 nitrogen and oxygen atoms in total. The minimum absolute atomic E-state index is 0.139. The highest BCUT2D eigenvalue weighted by Gasteiger charge is 2.26. The third kappa shape index (κ3) is 6.13. The number of para-hydroxylation sites is 2. The highest BCUT2D eigenvalue weighted by molar-refractivity contribution is 5.87. The predicted octanol–water partition coefficient (Wildman–Crippen LogP) is 6.87. The van der Waals surface area contributed by atoms with Crippen LogP contribution in [-0.2, 0) is 16.1 Å². The topological polar surface area (TPSA) is 52.9 Å². The van der Waals surface area contributed by atoms with Gasteiger partial charge in [0, 0.05) is 49.1 Å². The van der Waals surface area contributed by atoms with Crippen molar-refractivity contribution in [2.45, 2.75) is 18.9 Å². The Balaban J connectivity index is 1.39. The van der Waals surface area contributed by atoms with Crippen LogP contribution in [0.3, 0.4) is 0 Å². The van der Waals surface area contributed by atoms with Gasteiger partial charge in [-0.2, -0.15) is 0 Å². The second kappa shape index (κ2) is 12.3. The highest BCUT2D eigenvalue weighted by atomic mass is 16.5. The van der Waals surface area contributed by atoms with E-state index in [1.165, 1.54) is 5.56 Å². The first-order chi connectivity index (χ1) is 20.2. The van der Waals surface area contributed by atoms with Crippen molar-refractivity contribution in [3.63, 3.8) is 0 Å². The summed E-state index contributed by atoms with van der Waals surface area (Å²) in [6.45, 7) is 3.13. The Bertz CT molecular complexity index is 1600. The quantitative estimate of drug-likeness (QED) is 0.202. The minimum atomic E-state index is -0.147. The predicted molar refractivity (Wildman–Crippen MR) is 161 cm³/mol. The van der Waals surface area contributed by atoms with Crippen LogP contribution in [0.4, 0.5) is 0 Å². The van der Waals surface area contributed by atoms with Gasteiger partial charge in [-0.05, 0) is 59.2 Å². The fraction of sp³-hybridized carbons (Fsp3) is 0.229. The van der Waals surface area contributed by atoms with Gasteiger partial charge in [-0.25, -0.2) is 0 Å². The van der Waals surface area contributed by atoms with E-state index >= 15 is 0 Å². The van der Waals surface area contributed by atoms with E-state index in [1.54, 1.807) is 7.11 Å². The number of rotatable bonds is 9. The lowest BCUT2D eigenvalue weighted by molar-refractivity contribution is -0.135. The van der Waals surface area contributed by atoms with E-state index in [2.05, 4.69) is 59.3 Å². The Kier molecular flexibility index (Phi) is 8.01. The molecule has 1 atom stereocenters. The normalized spacial score (nSPS) is 14.1. The highest BCUT2D eigenvalue weighted by Crippen LogP contribution is 2.37. The molecule has 1 amide bonds. The number of fused-ring (bicyclic) bond motifs is 1. The Hall–Kier alpha value is -4.55. The lowest BCUT2D eigenvalue weighted by Crippen LogP contribution is -2.41. The molecule has 0 spiro atoms. The number of benzene rings is 4. The lowest BCUT2D eigenvalue weighted by Gasteiger charge is -2.29. The van der Waals surface area contributed by atoms with Gasteiger partial charge in [-0.15, -0.1) is 0 Å². The van der Waals surface area contributed by atoms with Crippen molar-refractivity contribution in [3.05, 3.63) is 126 Å². The Morgan fingerprint density at radius 1 is 0.829 bits per heavy atom. The summed E-state index contributed by atoms with van der Waals surface area (Å²) < 4.78 is 19.3. The molecule has 0 unspecified atom stereocenters. The van der Waals surface area contributed by atoms with Crippen molar-refractivity contribution < 1.29 is 19.0 Å². The third-order valence-electron chi connectivity index (χ3n) is 7.69. The lowest BCUT2D eigenvalue weighted by atomic mass is 9.87. The van der Waals surface area contributed by atoms with Crippen LogP contribution in [0.15, 0.2) is 109 Å². The van der Waals surface area contributed by atoms with E-state index in [-0.39, 0.29) is 11.8 Å². The van der Waals surface area contributed by atoms with Gasteiger partial charge >= 0.3 is 0 Å². The number of ether oxygens (including phenoxy) is 3. The molecule has 1 aromatic heterocycles. The summed E-state index contributed by atoms with van der Waals surface area (Å²) in [7, 11) is 1.68. The summed E-state index contributed by atoms with van der Waals surface area (Å²) >= 11 is 0. The first-order valence-corrected chi connectivity index (χ1v) is 14.1. The molecule has 1 aliphatic heterocycles. The second-order valence-corrected chi connectivity index (χ2v) is 10.3. The van der Waals surface area contributed by atoms with Crippen LogP contribution in [0.5, 0.6) is 17.2 Å². The first kappa shape index (κ1) is 26.7. The number of hydrogen-bond donors (Lipinski definition) is 0. The fourth-order valence-electron chi connectivity index (χ4n) is 5.55. The molecule has 4 aromatic carbocycles. The van der Waals surface area contributed by atoms with Gasteiger partial charge in [0.15, 0.2) is 0 Å². The van der Waals surface area contributed by atoms with Gasteiger partial charge < -0.3 is 23.7 Å². The summed E-state index contributed by atoms with van der Waals surface area (Å²) in [5.41, 5.74) is 4.50. The molecule has 41 heavy (non-hydrogen) atoms. The number of carbonyl (C=O) groups excluding carboxylic acids is 1. The number of methoxy groups -OCH3 is 1. The van der Waals surface area contributed by atoms with Crippen molar-refractivity contribution in [1.29, 1.82) is 0 Å². The van der Waals surface area contributed by atoms with E-state index in [9.17, 15) is 4.79 Å². The standard InChI is InChI=1S/C35H34N2O4/c1-39-28-16-14-26(15-17-28)24-37-25-33(31-12-5-6-13-34(31)37)32(23-35(38)36-18-20-40-21-19-36)27-8-7-11-30(22-27)41-29-9-3-2-4-10-29/h2-17,22,25,32H,18-21,23-24H2,1H3/t32-/m0/s1. The van der Waals surface area contributed by atoms with E-state index in [0.29, 0.717) is 39.3 Å². The molecule has 1 aliphatic rings. The summed E-state index contributed by atoms with van der Waals surface area (Å²) in [6, 6.07) is 34.5. The SMILES string of the molecule is COc1ccc(Cn2cc([C@@H](CC(=O)N3CCOCC3)c3cccc(Oc4ccccc4)c3)c3ccccc32)cc1. The van der Waals surface area contributed by atoms with Gasteiger partial charge in [0.05, 0.1) is 20.3 Å². The maximum atomic E-state index is 13.6. The molecule has 1 saturated heterocycles. The van der Waals surface area contributed by atoms with Gasteiger partial charge in [-0.1, -0.05) is 60.7 Å². The zero-order chi connectivity index (χ0) is 28.0. The number of hydrogen-bond acceptors (Lipinski definition) is 4. The molecule has 0 bridgehead atoms. The number of amides is 1. The van der Waals surface area contributed by atoms with Crippen LogP contribution in [0.25, 0.3) is 10.9 Å². The Morgan fingerprint density at radius 3 is 2.34 bits per heavy atom. The van der Waals surface area contributed by atoms with Gasteiger partial charge in [-0.3, -0.25) is 4.79 Å². The molecule has 6 rings (SSSR count). The largest absolute Gasteiger partial charge is 0.497 e. The number of aromatic nitrogens is 1. The van der Waals surface area contributed by atoms with Crippen LogP contribution >= 0.6 is 0 Å². The van der Waals surface area contributed by atoms with Crippen LogP contribution < -0.4 is 9.47 Å². The van der Waals surface area contributed by atoms with Crippen LogP contribution in [0.1, 0.15) is 29.0 Å². The molecule has 1 fully saturated rings. The molecular formula is C35H34N2O4. The number of nitrogens with zero attached hydrogens (tertiary/aromatic N) is 2. The smallest absolute Gasteiger partial charge is 0.223 e. The molecular weight excluding hydrogens is 512 g/mol. The fourth-order valence-corrected chi connectivity index (χ4v) is 5.55. The van der Waals surface area contributed by atoms with Crippen molar-refractivity contribution >= 4 is 16.8 Å². The van der Waals surface area contributed by atoms with E-state index in [1.807, 2.05) is 59.5 Å². The van der Waals surface area contributed by atoms with Crippen LogP contribution in [0, 0.1) is 0 Å². The number of carbonyl (C=O) groups is 1. The molecule has 6 heteroatoms. The molecule has 5 aromatic rings. The van der Waals surface area contributed by atoms with Crippen molar-refractivity contribution in [1.82, 2.24) is 9.47 Å². The molecule has 0 N–H and O–H groups in total. The second-order valence-electron chi connectivity index (χ2n) is 10.3. The van der Waals surface area contributed by atoms with Crippen LogP contribution in [0.2, 0.25) is 0 Å². The van der Waals surface area contributed by atoms with Crippen molar-refractivity contribution in [2.24, 2.45) is 0 Å². The molecule has 0 radical (unpaired) electrons. The van der Waals surface area contributed by atoms with E-state index in [0.717, 1.165) is 39.3 Å². The minimum Gasteiger partial charge on any atom is -0.497 e. The van der Waals surface area contributed by atoms with Gasteiger partial charge in [0.2, 0.25) is 5.91 Å². The summed E-state index contributed by atoms with van der Waals surface area (Å²) in [4.78, 5) is 15.6. The average Bonchev–Trinajstić information content (AvgIpc) is 3.39. The monoisotopic (exact) mass is 546 g/mol. The van der Waals surface area contributed by atoms with E-state index in [4.69, 9.17) is 14.2 Å². The Morgan fingerprint density at radius 2 is 1.56 bits per heavy atom. The maximum Gasteiger partial charge on any atom is 0.223 e. The molecule has 208 valence electrons. The summed E-state index contributed by atoms with van der Waals surface area (Å²) in [6.07, 6.45) is 2.59. The van der Waals surface area contributed by atoms with Crippen molar-refractivity contribution in [2.75, 3.05) is 33.4 Å². The maximum absolute atomic E-state index is 13.6. The van der Waals surface area contributed by atoms with Crippen molar-refractivity contribution in [3.8, 4) is 17.2 Å². The van der Waals surface area contributed by atoms with Gasteiger partial charge in [0.25, 0.3) is 0 Å².